The van der Waals surface area contributed by atoms with Gasteiger partial charge >= 0.3 is 6.09 Å². The third-order valence-electron chi connectivity index (χ3n) is 3.44. The molecule has 1 amide bonds. The van der Waals surface area contributed by atoms with Gasteiger partial charge < -0.3 is 10.6 Å². The number of rotatable bonds is 2. The Labute approximate surface area is 96.5 Å². The van der Waals surface area contributed by atoms with Gasteiger partial charge in [-0.05, 0) is 45.2 Å². The fraction of sp³-hybridized carbons (Fsp3) is 0.909. The van der Waals surface area contributed by atoms with E-state index in [4.69, 9.17) is 10.6 Å². The van der Waals surface area contributed by atoms with Crippen LogP contribution in [0.25, 0.3) is 0 Å². The van der Waals surface area contributed by atoms with Crippen LogP contribution >= 0.6 is 0 Å². The summed E-state index contributed by atoms with van der Waals surface area (Å²) in [5.74, 6) is 0. The predicted molar refractivity (Wildman–Crippen MR) is 60.4 cm³/mol. The Hall–Kier alpha value is -0.810. The second-order valence-corrected chi connectivity index (χ2v) is 4.62. The molecule has 16 heavy (non-hydrogen) atoms. The lowest BCUT2D eigenvalue weighted by atomic mass is 10.1. The number of hydrogen-bond acceptors (Lipinski definition) is 4. The van der Waals surface area contributed by atoms with Gasteiger partial charge in [0.1, 0.15) is 0 Å². The summed E-state index contributed by atoms with van der Waals surface area (Å²) < 4.78 is 0. The Balaban J connectivity index is 1.94. The molecule has 1 atom stereocenters. The highest BCUT2D eigenvalue weighted by Gasteiger charge is 2.30. The van der Waals surface area contributed by atoms with Crippen LogP contribution in [0.5, 0.6) is 0 Å². The van der Waals surface area contributed by atoms with Gasteiger partial charge in [-0.3, -0.25) is 4.90 Å². The lowest BCUT2D eigenvalue weighted by molar-refractivity contribution is -0.187. The highest BCUT2D eigenvalue weighted by molar-refractivity contribution is 5.64. The van der Waals surface area contributed by atoms with Crippen molar-refractivity contribution >= 4 is 6.09 Å². The van der Waals surface area contributed by atoms with E-state index >= 15 is 0 Å². The average molecular weight is 227 g/mol. The second-order valence-electron chi connectivity index (χ2n) is 4.62. The molecule has 0 saturated carbocycles. The van der Waals surface area contributed by atoms with E-state index in [0.717, 1.165) is 32.5 Å². The molecule has 5 heteroatoms. The van der Waals surface area contributed by atoms with Gasteiger partial charge in [0, 0.05) is 6.54 Å². The molecule has 2 heterocycles. The zero-order valence-electron chi connectivity index (χ0n) is 9.73. The van der Waals surface area contributed by atoms with E-state index < -0.39 is 6.09 Å². The van der Waals surface area contributed by atoms with E-state index in [1.54, 1.807) is 5.06 Å². The fourth-order valence-corrected chi connectivity index (χ4v) is 2.69. The Kier molecular flexibility index (Phi) is 4.01. The van der Waals surface area contributed by atoms with Crippen LogP contribution in [0.3, 0.4) is 0 Å². The molecule has 2 aliphatic rings. The molecule has 0 aromatic rings. The molecule has 0 spiro atoms. The number of nitrogens with zero attached hydrogens (tertiary/aromatic N) is 2. The van der Waals surface area contributed by atoms with Crippen molar-refractivity contribution in [3.8, 4) is 0 Å². The minimum absolute atomic E-state index is 0.251. The number of primary amides is 1. The molecular formula is C11H21N3O2. The first kappa shape index (κ1) is 11.7. The number of amides is 1. The lowest BCUT2D eigenvalue weighted by Gasteiger charge is -2.42. The van der Waals surface area contributed by atoms with Crippen LogP contribution in [-0.4, -0.2) is 41.9 Å². The molecule has 0 aromatic heterocycles. The maximum atomic E-state index is 10.8. The molecule has 5 nitrogen and oxygen atoms in total. The molecule has 0 aromatic carbocycles. The molecule has 2 aliphatic heterocycles. The van der Waals surface area contributed by atoms with E-state index in [2.05, 4.69) is 4.90 Å². The van der Waals surface area contributed by atoms with Gasteiger partial charge in [0.25, 0.3) is 0 Å². The van der Waals surface area contributed by atoms with Crippen molar-refractivity contribution in [2.24, 2.45) is 5.73 Å². The van der Waals surface area contributed by atoms with E-state index in [1.165, 1.54) is 25.7 Å². The summed E-state index contributed by atoms with van der Waals surface area (Å²) in [7, 11) is 0. The summed E-state index contributed by atoms with van der Waals surface area (Å²) in [5, 5.41) is 1.77. The number of nitrogens with two attached hydrogens (primary N) is 1. The summed E-state index contributed by atoms with van der Waals surface area (Å²) in [6.07, 6.45) is 6.75. The van der Waals surface area contributed by atoms with Crippen LogP contribution in [0.1, 0.15) is 38.5 Å². The van der Waals surface area contributed by atoms with Crippen LogP contribution in [-0.2, 0) is 4.84 Å². The third-order valence-corrected chi connectivity index (χ3v) is 3.44. The zero-order valence-corrected chi connectivity index (χ0v) is 9.73. The van der Waals surface area contributed by atoms with E-state index in [0.29, 0.717) is 0 Å². The van der Waals surface area contributed by atoms with Crippen molar-refractivity contribution in [1.82, 2.24) is 9.96 Å². The van der Waals surface area contributed by atoms with Crippen molar-refractivity contribution in [2.45, 2.75) is 44.7 Å². The SMILES string of the molecule is NC(=O)ON1CCCCC1N1CCCCC1. The number of hydroxylamine groups is 2. The van der Waals surface area contributed by atoms with Crippen LogP contribution in [0.4, 0.5) is 4.79 Å². The van der Waals surface area contributed by atoms with E-state index in [-0.39, 0.29) is 6.17 Å². The number of piperidine rings is 2. The minimum Gasteiger partial charge on any atom is -0.350 e. The third kappa shape index (κ3) is 2.86. The quantitative estimate of drug-likeness (QED) is 0.772. The van der Waals surface area contributed by atoms with E-state index in [1.807, 2.05) is 0 Å². The molecule has 0 radical (unpaired) electrons. The molecule has 2 fully saturated rings. The zero-order chi connectivity index (χ0) is 11.4. The number of hydrogen-bond donors (Lipinski definition) is 1. The van der Waals surface area contributed by atoms with Crippen molar-refractivity contribution < 1.29 is 9.63 Å². The van der Waals surface area contributed by atoms with Crippen LogP contribution in [0, 0.1) is 0 Å². The molecule has 2 saturated heterocycles. The van der Waals surface area contributed by atoms with Crippen molar-refractivity contribution in [3.05, 3.63) is 0 Å². The monoisotopic (exact) mass is 227 g/mol. The fourth-order valence-electron chi connectivity index (χ4n) is 2.69. The number of likely N-dealkylation sites (tertiary alicyclic amines) is 1. The molecular weight excluding hydrogens is 206 g/mol. The smallest absolute Gasteiger partial charge is 0.350 e. The lowest BCUT2D eigenvalue weighted by Crippen LogP contribution is -2.53. The summed E-state index contributed by atoms with van der Waals surface area (Å²) in [5.41, 5.74) is 5.09. The van der Waals surface area contributed by atoms with Gasteiger partial charge in [0.2, 0.25) is 0 Å². The summed E-state index contributed by atoms with van der Waals surface area (Å²) >= 11 is 0. The summed E-state index contributed by atoms with van der Waals surface area (Å²) in [6.45, 7) is 3.04. The molecule has 0 bridgehead atoms. The minimum atomic E-state index is -0.691. The molecule has 2 rings (SSSR count). The maximum absolute atomic E-state index is 10.8. The predicted octanol–water partition coefficient (Wildman–Crippen LogP) is 1.29. The Morgan fingerprint density at radius 1 is 1.06 bits per heavy atom. The first-order valence-corrected chi connectivity index (χ1v) is 6.25. The molecule has 1 unspecified atom stereocenters. The first-order chi connectivity index (χ1) is 7.77. The van der Waals surface area contributed by atoms with Gasteiger partial charge in [0.05, 0.1) is 6.17 Å². The Morgan fingerprint density at radius 2 is 1.75 bits per heavy atom. The Bertz CT molecular complexity index is 241. The molecule has 92 valence electrons. The van der Waals surface area contributed by atoms with Crippen LogP contribution in [0.2, 0.25) is 0 Å². The average Bonchev–Trinajstić information content (AvgIpc) is 2.30. The van der Waals surface area contributed by atoms with Crippen LogP contribution < -0.4 is 5.73 Å². The topological polar surface area (TPSA) is 58.8 Å². The van der Waals surface area contributed by atoms with Crippen molar-refractivity contribution in [1.29, 1.82) is 0 Å². The molecule has 2 N–H and O–H groups in total. The summed E-state index contributed by atoms with van der Waals surface area (Å²) in [4.78, 5) is 18.3. The van der Waals surface area contributed by atoms with Crippen molar-refractivity contribution in [3.63, 3.8) is 0 Å². The van der Waals surface area contributed by atoms with Gasteiger partial charge in [-0.1, -0.05) is 6.42 Å². The van der Waals surface area contributed by atoms with Gasteiger partial charge in [-0.2, -0.15) is 0 Å². The van der Waals surface area contributed by atoms with Crippen LogP contribution in [0.15, 0.2) is 0 Å². The first-order valence-electron chi connectivity index (χ1n) is 6.25. The normalized spacial score (nSPS) is 28.9. The largest absolute Gasteiger partial charge is 0.423 e. The van der Waals surface area contributed by atoms with Gasteiger partial charge in [-0.25, -0.2) is 4.79 Å². The number of carbonyl (C=O) groups excluding carboxylic acids is 1. The highest BCUT2D eigenvalue weighted by atomic mass is 16.7. The Morgan fingerprint density at radius 3 is 2.44 bits per heavy atom. The van der Waals surface area contributed by atoms with Crippen molar-refractivity contribution in [2.75, 3.05) is 19.6 Å². The second kappa shape index (κ2) is 5.50. The van der Waals surface area contributed by atoms with Gasteiger partial charge in [0.15, 0.2) is 0 Å². The van der Waals surface area contributed by atoms with E-state index in [9.17, 15) is 4.79 Å². The maximum Gasteiger partial charge on any atom is 0.423 e. The molecule has 0 aliphatic carbocycles. The number of carbonyl (C=O) groups is 1. The summed E-state index contributed by atoms with van der Waals surface area (Å²) in [6, 6.07) is 0. The standard InChI is InChI=1S/C11H21N3O2/c12-11(15)16-14-9-5-2-6-10(14)13-7-3-1-4-8-13/h10H,1-9H2,(H2,12,15). The highest BCUT2D eigenvalue weighted by Crippen LogP contribution is 2.23. The van der Waals surface area contributed by atoms with Gasteiger partial charge in [-0.15, -0.1) is 5.06 Å².